The number of carbonyl (C=O) groups is 3. The number of imide groups is 1. The van der Waals surface area contributed by atoms with Gasteiger partial charge in [-0.05, 0) is 35.9 Å². The van der Waals surface area contributed by atoms with Gasteiger partial charge in [0, 0.05) is 28.3 Å². The van der Waals surface area contributed by atoms with E-state index in [4.69, 9.17) is 0 Å². The highest BCUT2D eigenvalue weighted by Crippen LogP contribution is 2.28. The summed E-state index contributed by atoms with van der Waals surface area (Å²) in [6.07, 6.45) is -3.68. The van der Waals surface area contributed by atoms with Gasteiger partial charge in [-0.25, -0.2) is 0 Å². The van der Waals surface area contributed by atoms with Crippen molar-refractivity contribution in [2.75, 3.05) is 5.32 Å². The van der Waals surface area contributed by atoms with Crippen molar-refractivity contribution in [3.05, 3.63) is 63.8 Å². The number of hydrogen-bond acceptors (Lipinski definition) is 5. The zero-order chi connectivity index (χ0) is 22.1. The summed E-state index contributed by atoms with van der Waals surface area (Å²) in [5, 5.41) is 16.5. The maximum Gasteiger partial charge on any atom is 0.471 e. The third-order valence-corrected chi connectivity index (χ3v) is 4.60. The highest BCUT2D eigenvalue weighted by molar-refractivity contribution is 9.10. The number of benzene rings is 2. The fourth-order valence-electron chi connectivity index (χ4n) is 2.70. The largest absolute Gasteiger partial charge is 0.506 e. The average molecular weight is 484 g/mol. The molecule has 3 rings (SSSR count). The van der Waals surface area contributed by atoms with Gasteiger partial charge < -0.3 is 15.7 Å². The van der Waals surface area contributed by atoms with E-state index in [1.165, 1.54) is 18.3 Å². The molecule has 1 aliphatic heterocycles. The molecule has 1 aliphatic rings. The number of amides is 3. The van der Waals surface area contributed by atoms with Crippen LogP contribution in [0.25, 0.3) is 5.57 Å². The zero-order valence-electron chi connectivity index (χ0n) is 14.9. The molecule has 3 amide bonds. The van der Waals surface area contributed by atoms with Gasteiger partial charge in [-0.1, -0.05) is 22.0 Å². The van der Waals surface area contributed by atoms with Crippen LogP contribution in [0.2, 0.25) is 0 Å². The number of aromatic hydroxyl groups is 1. The van der Waals surface area contributed by atoms with Crippen LogP contribution in [-0.4, -0.2) is 29.0 Å². The van der Waals surface area contributed by atoms with Gasteiger partial charge in [-0.3, -0.25) is 19.7 Å². The molecule has 0 aromatic heterocycles. The SMILES string of the molecule is O=C1NC(=O)c2ccc(Br)cc2/C1=C/NCc1ccc(NC(=O)C(F)(F)F)c(O)c1. The van der Waals surface area contributed by atoms with Crippen LogP contribution in [-0.2, 0) is 16.1 Å². The van der Waals surface area contributed by atoms with E-state index in [9.17, 15) is 32.7 Å². The minimum absolute atomic E-state index is 0.106. The van der Waals surface area contributed by atoms with Crippen molar-refractivity contribution in [2.24, 2.45) is 0 Å². The molecule has 4 N–H and O–H groups in total. The molecular weight excluding hydrogens is 471 g/mol. The molecule has 0 unspecified atom stereocenters. The Morgan fingerprint density at radius 3 is 2.50 bits per heavy atom. The van der Waals surface area contributed by atoms with E-state index in [1.807, 2.05) is 0 Å². The minimum atomic E-state index is -5.08. The quantitative estimate of drug-likeness (QED) is 0.303. The van der Waals surface area contributed by atoms with Crippen molar-refractivity contribution in [1.82, 2.24) is 10.6 Å². The van der Waals surface area contributed by atoms with Crippen molar-refractivity contribution in [3.8, 4) is 5.75 Å². The maximum atomic E-state index is 12.3. The number of phenols is 1. The van der Waals surface area contributed by atoms with Crippen molar-refractivity contribution < 1.29 is 32.7 Å². The Labute approximate surface area is 176 Å². The molecule has 0 saturated carbocycles. The molecule has 2 aromatic rings. The van der Waals surface area contributed by atoms with E-state index in [0.717, 1.165) is 6.07 Å². The molecule has 0 aliphatic carbocycles. The molecule has 1 heterocycles. The first-order valence-corrected chi connectivity index (χ1v) is 9.15. The monoisotopic (exact) mass is 483 g/mol. The first-order valence-electron chi connectivity index (χ1n) is 8.35. The van der Waals surface area contributed by atoms with Gasteiger partial charge in [0.1, 0.15) is 5.75 Å². The summed E-state index contributed by atoms with van der Waals surface area (Å²) in [6.45, 7) is 0.106. The summed E-state index contributed by atoms with van der Waals surface area (Å²) in [6, 6.07) is 8.56. The lowest BCUT2D eigenvalue weighted by Crippen LogP contribution is -2.37. The molecule has 0 fully saturated rings. The van der Waals surface area contributed by atoms with Gasteiger partial charge in [0.05, 0.1) is 11.3 Å². The van der Waals surface area contributed by atoms with Crippen LogP contribution in [0.4, 0.5) is 18.9 Å². The van der Waals surface area contributed by atoms with Crippen LogP contribution in [0, 0.1) is 0 Å². The molecule has 11 heteroatoms. The lowest BCUT2D eigenvalue weighted by molar-refractivity contribution is -0.167. The number of carbonyl (C=O) groups excluding carboxylic acids is 3. The van der Waals surface area contributed by atoms with E-state index >= 15 is 0 Å². The second kappa shape index (κ2) is 8.19. The van der Waals surface area contributed by atoms with Crippen LogP contribution in [0.5, 0.6) is 5.75 Å². The Morgan fingerprint density at radius 1 is 1.10 bits per heavy atom. The zero-order valence-corrected chi connectivity index (χ0v) is 16.5. The predicted octanol–water partition coefficient (Wildman–Crippen LogP) is 3.06. The molecule has 156 valence electrons. The molecule has 0 saturated heterocycles. The number of rotatable bonds is 4. The van der Waals surface area contributed by atoms with E-state index in [-0.39, 0.29) is 17.8 Å². The molecule has 2 aromatic carbocycles. The van der Waals surface area contributed by atoms with Gasteiger partial charge in [0.2, 0.25) is 0 Å². The standard InChI is InChI=1S/C19H13BrF3N3O4/c20-10-2-3-11-12(6-10)13(17(29)26-16(11)28)8-24-7-9-1-4-14(15(27)5-9)25-18(30)19(21,22)23/h1-6,8,24,27H,7H2,(H,25,30)(H,26,28,29)/b13-8-. The predicted molar refractivity (Wildman–Crippen MR) is 104 cm³/mol. The van der Waals surface area contributed by atoms with Crippen LogP contribution in [0.3, 0.4) is 0 Å². The number of anilines is 1. The molecule has 0 atom stereocenters. The third-order valence-electron chi connectivity index (χ3n) is 4.11. The summed E-state index contributed by atoms with van der Waals surface area (Å²) in [4.78, 5) is 35.1. The van der Waals surface area contributed by atoms with Gasteiger partial charge in [-0.2, -0.15) is 13.2 Å². The molecule has 0 spiro atoms. The molecule has 30 heavy (non-hydrogen) atoms. The molecule has 0 radical (unpaired) electrons. The second-order valence-electron chi connectivity index (χ2n) is 6.22. The first-order chi connectivity index (χ1) is 14.1. The maximum absolute atomic E-state index is 12.3. The number of halogens is 4. The Balaban J connectivity index is 1.74. The van der Waals surface area contributed by atoms with Crippen molar-refractivity contribution in [2.45, 2.75) is 12.7 Å². The fourth-order valence-corrected chi connectivity index (χ4v) is 3.06. The van der Waals surface area contributed by atoms with Crippen LogP contribution < -0.4 is 16.0 Å². The lowest BCUT2D eigenvalue weighted by atomic mass is 9.95. The van der Waals surface area contributed by atoms with Crippen LogP contribution in [0.15, 0.2) is 47.1 Å². The van der Waals surface area contributed by atoms with Crippen LogP contribution in [0.1, 0.15) is 21.5 Å². The Hall–Kier alpha value is -3.34. The van der Waals surface area contributed by atoms with Crippen LogP contribution >= 0.6 is 15.9 Å². The van der Waals surface area contributed by atoms with Gasteiger partial charge in [0.25, 0.3) is 11.8 Å². The summed E-state index contributed by atoms with van der Waals surface area (Å²) in [7, 11) is 0. The van der Waals surface area contributed by atoms with E-state index in [1.54, 1.807) is 23.5 Å². The average Bonchev–Trinajstić information content (AvgIpc) is 2.65. The number of fused-ring (bicyclic) bond motifs is 1. The molecular formula is C19H13BrF3N3O4. The van der Waals surface area contributed by atoms with E-state index in [2.05, 4.69) is 26.6 Å². The first kappa shape index (κ1) is 21.4. The highest BCUT2D eigenvalue weighted by atomic mass is 79.9. The number of nitrogens with one attached hydrogen (secondary N) is 3. The van der Waals surface area contributed by atoms with Crippen molar-refractivity contribution in [3.63, 3.8) is 0 Å². The number of phenolic OH excluding ortho intramolecular Hbond substituents is 1. The minimum Gasteiger partial charge on any atom is -0.506 e. The normalized spacial score (nSPS) is 14.9. The van der Waals surface area contributed by atoms with Gasteiger partial charge in [0.15, 0.2) is 0 Å². The Bertz CT molecular complexity index is 1080. The summed E-state index contributed by atoms with van der Waals surface area (Å²) in [5.41, 5.74) is 1.05. The summed E-state index contributed by atoms with van der Waals surface area (Å²) < 4.78 is 37.6. The summed E-state index contributed by atoms with van der Waals surface area (Å²) >= 11 is 3.29. The Kier molecular flexibility index (Phi) is 5.83. The molecule has 7 nitrogen and oxygen atoms in total. The topological polar surface area (TPSA) is 108 Å². The van der Waals surface area contributed by atoms with Gasteiger partial charge in [-0.15, -0.1) is 0 Å². The van der Waals surface area contributed by atoms with E-state index in [0.29, 0.717) is 21.2 Å². The fraction of sp³-hybridized carbons (Fsp3) is 0.105. The second-order valence-corrected chi connectivity index (χ2v) is 7.13. The number of hydrogen-bond donors (Lipinski definition) is 4. The highest BCUT2D eigenvalue weighted by Gasteiger charge is 2.39. The third kappa shape index (κ3) is 4.62. The smallest absolute Gasteiger partial charge is 0.471 e. The lowest BCUT2D eigenvalue weighted by Gasteiger charge is -2.18. The van der Waals surface area contributed by atoms with E-state index < -0.39 is 29.6 Å². The summed E-state index contributed by atoms with van der Waals surface area (Å²) in [5.74, 6) is -3.85. The van der Waals surface area contributed by atoms with Gasteiger partial charge >= 0.3 is 12.1 Å². The molecule has 0 bridgehead atoms. The van der Waals surface area contributed by atoms with Crippen molar-refractivity contribution in [1.29, 1.82) is 0 Å². The van der Waals surface area contributed by atoms with Crippen molar-refractivity contribution >= 4 is 44.9 Å². The Morgan fingerprint density at radius 2 is 1.83 bits per heavy atom. The number of alkyl halides is 3.